The largest absolute Gasteiger partial charge is 0.462 e. The highest BCUT2D eigenvalue weighted by Gasteiger charge is 2.22. The second-order valence-electron chi connectivity index (χ2n) is 4.36. The minimum atomic E-state index is -0.706. The number of hydrogen-bond donors (Lipinski definition) is 1. The fraction of sp³-hybridized carbons (Fsp3) is 0.0714. The Morgan fingerprint density at radius 2 is 1.85 bits per heavy atom. The Morgan fingerprint density at radius 3 is 2.45 bits per heavy atom. The van der Waals surface area contributed by atoms with Crippen molar-refractivity contribution < 1.29 is 17.7 Å². The van der Waals surface area contributed by atoms with Crippen LogP contribution in [0, 0.1) is 18.6 Å². The smallest absolute Gasteiger partial charge is 0.230 e. The van der Waals surface area contributed by atoms with Crippen LogP contribution in [0.25, 0.3) is 22.6 Å². The summed E-state index contributed by atoms with van der Waals surface area (Å²) < 4.78 is 37.0. The minimum absolute atomic E-state index is 0.0270. The van der Waals surface area contributed by atoms with Gasteiger partial charge in [-0.25, -0.2) is 8.78 Å². The summed E-state index contributed by atoms with van der Waals surface area (Å²) in [7, 11) is 0. The van der Waals surface area contributed by atoms with Crippen LogP contribution in [0.2, 0.25) is 0 Å². The number of hydrogen-bond acceptors (Lipinski definition) is 4. The molecule has 0 atom stereocenters. The number of anilines is 1. The summed E-state index contributed by atoms with van der Waals surface area (Å²) in [5.74, 6) is -0.989. The van der Waals surface area contributed by atoms with Crippen LogP contribution in [-0.4, -0.2) is 5.16 Å². The standard InChI is InChI=1S/C14H10F2N2O2/c1-7-2-3-19-13(7)12-11(14(17)20-18-12)8-4-9(15)6-10(16)5-8/h2-6H,17H2,1H3. The van der Waals surface area contributed by atoms with Crippen LogP contribution in [0.4, 0.5) is 14.7 Å². The molecular weight excluding hydrogens is 266 g/mol. The van der Waals surface area contributed by atoms with Gasteiger partial charge in [-0.2, -0.15) is 0 Å². The fourth-order valence-electron chi connectivity index (χ4n) is 2.05. The third-order valence-corrected chi connectivity index (χ3v) is 2.95. The maximum atomic E-state index is 13.3. The molecule has 3 rings (SSSR count). The lowest BCUT2D eigenvalue weighted by atomic mass is 10.0. The number of nitrogens with two attached hydrogens (primary N) is 1. The Kier molecular flexibility index (Phi) is 2.78. The summed E-state index contributed by atoms with van der Waals surface area (Å²) in [6, 6.07) is 4.85. The number of rotatable bonds is 2. The molecule has 0 spiro atoms. The second-order valence-corrected chi connectivity index (χ2v) is 4.36. The van der Waals surface area contributed by atoms with E-state index in [1.165, 1.54) is 6.26 Å². The summed E-state index contributed by atoms with van der Waals surface area (Å²) in [5, 5.41) is 3.82. The lowest BCUT2D eigenvalue weighted by Crippen LogP contribution is -1.90. The van der Waals surface area contributed by atoms with Crippen molar-refractivity contribution in [3.63, 3.8) is 0 Å². The molecule has 2 N–H and O–H groups in total. The van der Waals surface area contributed by atoms with Crippen LogP contribution in [0.5, 0.6) is 0 Å². The minimum Gasteiger partial charge on any atom is -0.462 e. The zero-order valence-corrected chi connectivity index (χ0v) is 10.5. The van der Waals surface area contributed by atoms with Gasteiger partial charge in [0, 0.05) is 6.07 Å². The molecule has 2 heterocycles. The van der Waals surface area contributed by atoms with E-state index in [-0.39, 0.29) is 11.4 Å². The molecule has 4 nitrogen and oxygen atoms in total. The van der Waals surface area contributed by atoms with E-state index in [2.05, 4.69) is 5.16 Å². The molecule has 6 heteroatoms. The highest BCUT2D eigenvalue weighted by Crippen LogP contribution is 2.38. The number of benzene rings is 1. The number of nitrogen functional groups attached to an aromatic ring is 1. The Bertz CT molecular complexity index is 757. The number of aromatic nitrogens is 1. The van der Waals surface area contributed by atoms with Crippen LogP contribution in [-0.2, 0) is 0 Å². The van der Waals surface area contributed by atoms with Gasteiger partial charge >= 0.3 is 0 Å². The van der Waals surface area contributed by atoms with Crippen LogP contribution >= 0.6 is 0 Å². The van der Waals surface area contributed by atoms with Crippen molar-refractivity contribution in [3.05, 3.63) is 47.7 Å². The summed E-state index contributed by atoms with van der Waals surface area (Å²) in [6.45, 7) is 1.82. The molecule has 3 aromatic rings. The lowest BCUT2D eigenvalue weighted by Gasteiger charge is -2.02. The highest BCUT2D eigenvalue weighted by atomic mass is 19.1. The first-order chi connectivity index (χ1) is 9.56. The van der Waals surface area contributed by atoms with Gasteiger partial charge in [0.15, 0.2) is 11.5 Å². The van der Waals surface area contributed by atoms with E-state index < -0.39 is 11.6 Å². The molecule has 0 unspecified atom stereocenters. The van der Waals surface area contributed by atoms with Crippen molar-refractivity contribution >= 4 is 5.88 Å². The molecule has 0 saturated carbocycles. The quantitative estimate of drug-likeness (QED) is 0.773. The molecule has 20 heavy (non-hydrogen) atoms. The Labute approximate surface area is 112 Å². The molecule has 0 aliphatic carbocycles. The molecule has 0 radical (unpaired) electrons. The van der Waals surface area contributed by atoms with Gasteiger partial charge in [-0.1, -0.05) is 5.16 Å². The van der Waals surface area contributed by atoms with E-state index in [1.807, 2.05) is 6.92 Å². The van der Waals surface area contributed by atoms with Crippen molar-refractivity contribution in [1.82, 2.24) is 5.16 Å². The first-order valence-electron chi connectivity index (χ1n) is 5.82. The Balaban J connectivity index is 2.24. The van der Waals surface area contributed by atoms with Gasteiger partial charge in [0.2, 0.25) is 5.88 Å². The zero-order valence-electron chi connectivity index (χ0n) is 10.5. The van der Waals surface area contributed by atoms with E-state index >= 15 is 0 Å². The van der Waals surface area contributed by atoms with Gasteiger partial charge in [0.05, 0.1) is 11.8 Å². The molecule has 0 aliphatic rings. The van der Waals surface area contributed by atoms with Gasteiger partial charge in [0.25, 0.3) is 0 Å². The van der Waals surface area contributed by atoms with Crippen molar-refractivity contribution in [2.24, 2.45) is 0 Å². The van der Waals surface area contributed by atoms with Crippen LogP contribution < -0.4 is 5.73 Å². The molecule has 2 aromatic heterocycles. The van der Waals surface area contributed by atoms with Crippen molar-refractivity contribution in [1.29, 1.82) is 0 Å². The normalized spacial score (nSPS) is 10.9. The molecule has 0 fully saturated rings. The molecule has 0 amide bonds. The van der Waals surface area contributed by atoms with E-state index in [0.717, 1.165) is 23.8 Å². The predicted octanol–water partition coefficient (Wildman–Crippen LogP) is 3.77. The average Bonchev–Trinajstić information content (AvgIpc) is 2.93. The van der Waals surface area contributed by atoms with E-state index in [4.69, 9.17) is 14.7 Å². The van der Waals surface area contributed by atoms with Gasteiger partial charge in [0.1, 0.15) is 11.6 Å². The topological polar surface area (TPSA) is 65.2 Å². The first kappa shape index (κ1) is 12.4. The number of furan rings is 1. The van der Waals surface area contributed by atoms with Gasteiger partial charge in [-0.15, -0.1) is 0 Å². The van der Waals surface area contributed by atoms with Gasteiger partial charge in [-0.05, 0) is 36.2 Å². The predicted molar refractivity (Wildman–Crippen MR) is 68.7 cm³/mol. The Hall–Kier alpha value is -2.63. The summed E-state index contributed by atoms with van der Waals surface area (Å²) in [5.41, 5.74) is 7.39. The second kappa shape index (κ2) is 4.48. The molecule has 1 aromatic carbocycles. The SMILES string of the molecule is Cc1ccoc1-c1noc(N)c1-c1cc(F)cc(F)c1. The number of halogens is 2. The number of aryl methyl sites for hydroxylation is 1. The summed E-state index contributed by atoms with van der Waals surface area (Å²) in [4.78, 5) is 0. The molecule has 0 aliphatic heterocycles. The monoisotopic (exact) mass is 276 g/mol. The third-order valence-electron chi connectivity index (χ3n) is 2.95. The molecule has 0 saturated heterocycles. The van der Waals surface area contributed by atoms with Crippen molar-refractivity contribution in [2.75, 3.05) is 5.73 Å². The van der Waals surface area contributed by atoms with Crippen LogP contribution in [0.15, 0.2) is 39.5 Å². The summed E-state index contributed by atoms with van der Waals surface area (Å²) >= 11 is 0. The van der Waals surface area contributed by atoms with Gasteiger partial charge in [-0.3, -0.25) is 0 Å². The third kappa shape index (κ3) is 1.95. The van der Waals surface area contributed by atoms with Crippen molar-refractivity contribution in [3.8, 4) is 22.6 Å². The van der Waals surface area contributed by atoms with E-state index in [1.54, 1.807) is 6.07 Å². The summed E-state index contributed by atoms with van der Waals surface area (Å²) in [6.07, 6.45) is 1.49. The Morgan fingerprint density at radius 1 is 1.15 bits per heavy atom. The van der Waals surface area contributed by atoms with Crippen LogP contribution in [0.1, 0.15) is 5.56 Å². The maximum absolute atomic E-state index is 13.3. The van der Waals surface area contributed by atoms with E-state index in [9.17, 15) is 8.78 Å². The number of nitrogens with zero attached hydrogens (tertiary/aromatic N) is 1. The maximum Gasteiger partial charge on any atom is 0.230 e. The molecular formula is C14H10F2N2O2. The van der Waals surface area contributed by atoms with Gasteiger partial charge < -0.3 is 14.7 Å². The first-order valence-corrected chi connectivity index (χ1v) is 5.82. The van der Waals surface area contributed by atoms with Crippen LogP contribution in [0.3, 0.4) is 0 Å². The zero-order chi connectivity index (χ0) is 14.3. The lowest BCUT2D eigenvalue weighted by molar-refractivity contribution is 0.435. The molecule has 102 valence electrons. The fourth-order valence-corrected chi connectivity index (χ4v) is 2.05. The average molecular weight is 276 g/mol. The highest BCUT2D eigenvalue weighted by molar-refractivity contribution is 5.86. The van der Waals surface area contributed by atoms with E-state index in [0.29, 0.717) is 17.0 Å². The molecule has 0 bridgehead atoms. The van der Waals surface area contributed by atoms with Crippen molar-refractivity contribution in [2.45, 2.75) is 6.92 Å².